The van der Waals surface area contributed by atoms with Crippen LogP contribution in [-0.4, -0.2) is 17.1 Å². The van der Waals surface area contributed by atoms with Gasteiger partial charge in [-0.25, -0.2) is 0 Å². The summed E-state index contributed by atoms with van der Waals surface area (Å²) in [7, 11) is 0. The number of amides is 1. The van der Waals surface area contributed by atoms with Gasteiger partial charge in [0.1, 0.15) is 5.75 Å². The summed E-state index contributed by atoms with van der Waals surface area (Å²) in [6.45, 7) is 0. The van der Waals surface area contributed by atoms with Crippen molar-refractivity contribution in [3.05, 3.63) is 29.8 Å². The molecule has 0 heterocycles. The molecule has 5 heteroatoms. The highest BCUT2D eigenvalue weighted by atomic mass is 127. The largest absolute Gasteiger partial charge is 0.508 e. The smallest absolute Gasteiger partial charge is 0.245 e. The molecule has 0 aliphatic heterocycles. The molecule has 0 radical (unpaired) electrons. The number of hydrogen-bond acceptors (Lipinski definition) is 3. The second kappa shape index (κ2) is 5.16. The fraction of sp³-hybridized carbons (Fsp3) is 0.222. The normalized spacial score (nSPS) is 12.1. The van der Waals surface area contributed by atoms with E-state index in [-0.39, 0.29) is 11.7 Å². The highest BCUT2D eigenvalue weighted by Gasteiger charge is 2.12. The van der Waals surface area contributed by atoms with Crippen LogP contribution >= 0.6 is 22.9 Å². The molecule has 0 fully saturated rings. The lowest BCUT2D eigenvalue weighted by molar-refractivity contribution is -0.120. The first-order valence-corrected chi connectivity index (χ1v) is 5.15. The zero-order chi connectivity index (χ0) is 10.6. The summed E-state index contributed by atoms with van der Waals surface area (Å²) in [5.74, 6) is 0.0133. The summed E-state index contributed by atoms with van der Waals surface area (Å²) in [6.07, 6.45) is 0.467. The van der Waals surface area contributed by atoms with Crippen molar-refractivity contribution in [2.75, 3.05) is 0 Å². The van der Waals surface area contributed by atoms with Crippen molar-refractivity contribution < 1.29 is 9.90 Å². The molecule has 1 atom stereocenters. The Kier molecular flexibility index (Phi) is 4.15. The molecule has 0 bridgehead atoms. The number of carbonyl (C=O) groups is 1. The van der Waals surface area contributed by atoms with E-state index in [4.69, 9.17) is 10.8 Å². The van der Waals surface area contributed by atoms with Crippen molar-refractivity contribution in [3.63, 3.8) is 0 Å². The number of carbonyl (C=O) groups excluding carboxylic acids is 1. The number of halogens is 1. The maximum Gasteiger partial charge on any atom is 0.245 e. The Balaban J connectivity index is 2.60. The predicted octanol–water partition coefficient (Wildman–Crippen LogP) is 0.728. The Morgan fingerprint density at radius 2 is 2.07 bits per heavy atom. The molecule has 1 aromatic carbocycles. The number of nitrogens with one attached hydrogen (secondary N) is 1. The third-order valence-corrected chi connectivity index (χ3v) is 2.35. The molecule has 0 spiro atoms. The SMILES string of the molecule is NC(Cc1ccc(O)cc1)C(=O)NI. The van der Waals surface area contributed by atoms with Gasteiger partial charge in [0.05, 0.1) is 28.9 Å². The Bertz CT molecular complexity index is 313. The maximum atomic E-state index is 11.1. The van der Waals surface area contributed by atoms with Gasteiger partial charge in [-0.3, -0.25) is 8.32 Å². The van der Waals surface area contributed by atoms with Crippen LogP contribution in [-0.2, 0) is 11.2 Å². The molecule has 0 saturated carbocycles. The van der Waals surface area contributed by atoms with Crippen molar-refractivity contribution in [2.45, 2.75) is 12.5 Å². The summed E-state index contributed by atoms with van der Waals surface area (Å²) >= 11 is 1.76. The van der Waals surface area contributed by atoms with Crippen molar-refractivity contribution in [3.8, 4) is 5.75 Å². The quantitative estimate of drug-likeness (QED) is 0.569. The van der Waals surface area contributed by atoms with E-state index in [0.29, 0.717) is 6.42 Å². The van der Waals surface area contributed by atoms with Gasteiger partial charge in [0.25, 0.3) is 0 Å². The fourth-order valence-corrected chi connectivity index (χ4v) is 1.45. The van der Waals surface area contributed by atoms with E-state index in [2.05, 4.69) is 3.53 Å². The van der Waals surface area contributed by atoms with E-state index in [0.717, 1.165) is 5.56 Å². The Morgan fingerprint density at radius 3 is 2.57 bits per heavy atom. The number of hydrogen-bond donors (Lipinski definition) is 3. The average molecular weight is 306 g/mol. The summed E-state index contributed by atoms with van der Waals surface area (Å²) in [4.78, 5) is 11.1. The average Bonchev–Trinajstić information content (AvgIpc) is 2.20. The molecule has 0 aliphatic carbocycles. The number of rotatable bonds is 3. The monoisotopic (exact) mass is 306 g/mol. The van der Waals surface area contributed by atoms with Gasteiger partial charge >= 0.3 is 0 Å². The molecule has 1 aromatic rings. The van der Waals surface area contributed by atoms with Gasteiger partial charge in [0, 0.05) is 0 Å². The van der Waals surface area contributed by atoms with Crippen LogP contribution in [0.3, 0.4) is 0 Å². The van der Waals surface area contributed by atoms with Crippen molar-refractivity contribution in [2.24, 2.45) is 5.73 Å². The first kappa shape index (κ1) is 11.3. The highest BCUT2D eigenvalue weighted by Crippen LogP contribution is 2.10. The van der Waals surface area contributed by atoms with Crippen LogP contribution in [0.15, 0.2) is 24.3 Å². The number of phenols is 1. The summed E-state index contributed by atoms with van der Waals surface area (Å²) < 4.78 is 2.45. The minimum absolute atomic E-state index is 0.196. The molecule has 0 saturated heterocycles. The summed E-state index contributed by atoms with van der Waals surface area (Å²) in [5.41, 5.74) is 6.54. The minimum atomic E-state index is -0.545. The summed E-state index contributed by atoms with van der Waals surface area (Å²) in [6, 6.07) is 6.09. The highest BCUT2D eigenvalue weighted by molar-refractivity contribution is 14.1. The molecule has 4 nitrogen and oxygen atoms in total. The van der Waals surface area contributed by atoms with Gasteiger partial charge in [-0.2, -0.15) is 0 Å². The molecule has 14 heavy (non-hydrogen) atoms. The van der Waals surface area contributed by atoms with Crippen LogP contribution in [0.25, 0.3) is 0 Å². The van der Waals surface area contributed by atoms with Crippen LogP contribution < -0.4 is 9.26 Å². The maximum absolute atomic E-state index is 11.1. The standard InChI is InChI=1S/C9H11IN2O2/c10-12-9(14)8(11)5-6-1-3-7(13)4-2-6/h1-4,8,13H,5,11H2,(H,12,14). The third kappa shape index (κ3) is 3.15. The minimum Gasteiger partial charge on any atom is -0.508 e. The van der Waals surface area contributed by atoms with E-state index in [1.165, 1.54) is 0 Å². The van der Waals surface area contributed by atoms with Gasteiger partial charge in [-0.1, -0.05) is 12.1 Å². The van der Waals surface area contributed by atoms with E-state index in [1.54, 1.807) is 47.1 Å². The fourth-order valence-electron chi connectivity index (χ4n) is 1.05. The molecule has 0 aliphatic rings. The lowest BCUT2D eigenvalue weighted by atomic mass is 10.1. The second-order valence-electron chi connectivity index (χ2n) is 2.94. The molecular formula is C9H11IN2O2. The topological polar surface area (TPSA) is 75.3 Å². The van der Waals surface area contributed by atoms with E-state index in [9.17, 15) is 4.79 Å². The number of aromatic hydroxyl groups is 1. The Labute approximate surface area is 96.0 Å². The number of phenolic OH excluding ortho intramolecular Hbond substituents is 1. The van der Waals surface area contributed by atoms with Gasteiger partial charge in [-0.05, 0) is 24.1 Å². The van der Waals surface area contributed by atoms with Gasteiger partial charge in [-0.15, -0.1) is 0 Å². The zero-order valence-electron chi connectivity index (χ0n) is 7.40. The third-order valence-electron chi connectivity index (χ3n) is 1.82. The first-order chi connectivity index (χ1) is 6.63. The van der Waals surface area contributed by atoms with Crippen molar-refractivity contribution >= 4 is 28.8 Å². The van der Waals surface area contributed by atoms with E-state index < -0.39 is 6.04 Å². The molecule has 1 rings (SSSR count). The predicted molar refractivity (Wildman–Crippen MR) is 61.9 cm³/mol. The Morgan fingerprint density at radius 1 is 1.50 bits per heavy atom. The summed E-state index contributed by atoms with van der Waals surface area (Å²) in [5, 5.41) is 9.03. The molecule has 1 amide bonds. The lowest BCUT2D eigenvalue weighted by Gasteiger charge is -2.08. The van der Waals surface area contributed by atoms with E-state index in [1.807, 2.05) is 0 Å². The molecular weight excluding hydrogens is 295 g/mol. The molecule has 0 aromatic heterocycles. The van der Waals surface area contributed by atoms with Crippen molar-refractivity contribution in [1.29, 1.82) is 0 Å². The van der Waals surface area contributed by atoms with Crippen LogP contribution in [0.2, 0.25) is 0 Å². The van der Waals surface area contributed by atoms with Crippen molar-refractivity contribution in [1.82, 2.24) is 3.53 Å². The lowest BCUT2D eigenvalue weighted by Crippen LogP contribution is -2.38. The second-order valence-corrected chi connectivity index (χ2v) is 3.48. The van der Waals surface area contributed by atoms with Crippen LogP contribution in [0, 0.1) is 0 Å². The molecule has 4 N–H and O–H groups in total. The zero-order valence-corrected chi connectivity index (χ0v) is 9.56. The van der Waals surface area contributed by atoms with E-state index >= 15 is 0 Å². The van der Waals surface area contributed by atoms with Crippen LogP contribution in [0.5, 0.6) is 5.75 Å². The van der Waals surface area contributed by atoms with Gasteiger partial charge < -0.3 is 10.8 Å². The molecule has 76 valence electrons. The number of benzene rings is 1. The van der Waals surface area contributed by atoms with Gasteiger partial charge in [0.15, 0.2) is 0 Å². The van der Waals surface area contributed by atoms with Crippen LogP contribution in [0.4, 0.5) is 0 Å². The molecule has 1 unspecified atom stereocenters. The van der Waals surface area contributed by atoms with Gasteiger partial charge in [0.2, 0.25) is 5.91 Å². The Hall–Kier alpha value is -0.820. The van der Waals surface area contributed by atoms with Crippen LogP contribution in [0.1, 0.15) is 5.56 Å². The number of nitrogens with two attached hydrogens (primary N) is 1. The first-order valence-electron chi connectivity index (χ1n) is 4.07.